The molecule has 40 heavy (non-hydrogen) atoms. The predicted molar refractivity (Wildman–Crippen MR) is 154 cm³/mol. The molecule has 7 heteroatoms. The van der Waals surface area contributed by atoms with Crippen molar-refractivity contribution in [2.75, 3.05) is 26.8 Å². The first-order valence-corrected chi connectivity index (χ1v) is 13.7. The Bertz CT molecular complexity index is 1290. The minimum absolute atomic E-state index is 0.228. The predicted octanol–water partition coefficient (Wildman–Crippen LogP) is 6.05. The van der Waals surface area contributed by atoms with Gasteiger partial charge in [-0.15, -0.1) is 0 Å². The van der Waals surface area contributed by atoms with Crippen molar-refractivity contribution in [3.8, 4) is 11.5 Å². The number of nitrogens with zero attached hydrogens (tertiary/aromatic N) is 1. The number of hydrogen-bond donors (Lipinski definition) is 1. The highest BCUT2D eigenvalue weighted by atomic mass is 16.6. The van der Waals surface area contributed by atoms with Gasteiger partial charge in [-0.1, -0.05) is 54.6 Å². The van der Waals surface area contributed by atoms with E-state index in [0.29, 0.717) is 39.0 Å². The molecule has 4 rings (SSSR count). The zero-order valence-electron chi connectivity index (χ0n) is 23.8. The summed E-state index contributed by atoms with van der Waals surface area (Å²) in [6.45, 7) is 7.14. The number of carbonyl (C=O) groups excluding carboxylic acids is 2. The van der Waals surface area contributed by atoms with Crippen molar-refractivity contribution in [1.29, 1.82) is 0 Å². The van der Waals surface area contributed by atoms with Crippen LogP contribution < -0.4 is 4.74 Å². The third-order valence-corrected chi connectivity index (χ3v) is 7.33. The molecule has 0 unspecified atom stereocenters. The van der Waals surface area contributed by atoms with Crippen LogP contribution in [0.25, 0.3) is 0 Å². The molecule has 7 nitrogen and oxygen atoms in total. The van der Waals surface area contributed by atoms with Crippen LogP contribution in [-0.4, -0.2) is 54.5 Å². The van der Waals surface area contributed by atoms with Gasteiger partial charge in [0.05, 0.1) is 20.1 Å². The number of amides is 1. The highest BCUT2D eigenvalue weighted by Gasteiger charge is 2.41. The SMILES string of the molecule is COC(=O)Cc1ccc(OCCc2ccc(O)c(C3(c4ccccc4)CCN(C(=O)OC(C)(C)C)CC3)c2)cc1. The molecule has 0 spiro atoms. The molecule has 1 aliphatic rings. The van der Waals surface area contributed by atoms with Crippen LogP contribution in [0.4, 0.5) is 4.79 Å². The zero-order chi connectivity index (χ0) is 28.8. The van der Waals surface area contributed by atoms with Crippen LogP contribution in [0.3, 0.4) is 0 Å². The van der Waals surface area contributed by atoms with Crippen molar-refractivity contribution < 1.29 is 28.9 Å². The Labute approximate surface area is 236 Å². The normalized spacial score (nSPS) is 14.8. The maximum atomic E-state index is 12.8. The maximum Gasteiger partial charge on any atom is 0.410 e. The van der Waals surface area contributed by atoms with Crippen molar-refractivity contribution in [3.05, 3.63) is 95.1 Å². The number of likely N-dealkylation sites (tertiary alicyclic amines) is 1. The largest absolute Gasteiger partial charge is 0.508 e. The van der Waals surface area contributed by atoms with E-state index in [-0.39, 0.29) is 24.2 Å². The Morgan fingerprint density at radius 1 is 0.925 bits per heavy atom. The molecule has 3 aromatic carbocycles. The lowest BCUT2D eigenvalue weighted by molar-refractivity contribution is -0.139. The van der Waals surface area contributed by atoms with Gasteiger partial charge < -0.3 is 24.2 Å². The number of benzene rings is 3. The summed E-state index contributed by atoms with van der Waals surface area (Å²) in [7, 11) is 1.38. The Morgan fingerprint density at radius 3 is 2.20 bits per heavy atom. The van der Waals surface area contributed by atoms with Gasteiger partial charge in [0.2, 0.25) is 0 Å². The van der Waals surface area contributed by atoms with Gasteiger partial charge in [-0.2, -0.15) is 0 Å². The van der Waals surface area contributed by atoms with E-state index in [2.05, 4.69) is 18.2 Å². The molecule has 1 fully saturated rings. The molecule has 0 radical (unpaired) electrons. The number of phenolic OH excluding ortho intramolecular Hbond substituents is 1. The van der Waals surface area contributed by atoms with Crippen molar-refractivity contribution >= 4 is 12.1 Å². The number of rotatable bonds is 8. The summed E-state index contributed by atoms with van der Waals surface area (Å²) in [4.78, 5) is 26.0. The molecule has 0 aromatic heterocycles. The summed E-state index contributed by atoms with van der Waals surface area (Å²) >= 11 is 0. The number of hydrogen-bond acceptors (Lipinski definition) is 6. The number of phenols is 1. The third kappa shape index (κ3) is 7.14. The molecule has 1 heterocycles. The fraction of sp³-hybridized carbons (Fsp3) is 0.394. The lowest BCUT2D eigenvalue weighted by Crippen LogP contribution is -2.47. The average Bonchev–Trinajstić information content (AvgIpc) is 2.94. The van der Waals surface area contributed by atoms with E-state index in [1.165, 1.54) is 7.11 Å². The Morgan fingerprint density at radius 2 is 1.57 bits per heavy atom. The first-order chi connectivity index (χ1) is 19.1. The fourth-order valence-corrected chi connectivity index (χ4v) is 5.22. The van der Waals surface area contributed by atoms with E-state index in [1.807, 2.05) is 69.3 Å². The molecule has 212 valence electrons. The monoisotopic (exact) mass is 545 g/mol. The molecule has 1 aliphatic heterocycles. The smallest absolute Gasteiger partial charge is 0.410 e. The molecular weight excluding hydrogens is 506 g/mol. The second kappa shape index (κ2) is 12.5. The first-order valence-electron chi connectivity index (χ1n) is 13.7. The number of aromatic hydroxyl groups is 1. The minimum atomic E-state index is -0.551. The number of esters is 1. The van der Waals surface area contributed by atoms with Gasteiger partial charge in [0, 0.05) is 30.5 Å². The van der Waals surface area contributed by atoms with Crippen LogP contribution in [0.2, 0.25) is 0 Å². The topological polar surface area (TPSA) is 85.3 Å². The quantitative estimate of drug-likeness (QED) is 0.347. The van der Waals surface area contributed by atoms with Crippen LogP contribution in [0, 0.1) is 0 Å². The highest BCUT2D eigenvalue weighted by Crippen LogP contribution is 2.45. The third-order valence-electron chi connectivity index (χ3n) is 7.33. The summed E-state index contributed by atoms with van der Waals surface area (Å²) in [6, 6.07) is 23.4. The van der Waals surface area contributed by atoms with E-state index < -0.39 is 11.0 Å². The van der Waals surface area contributed by atoms with Crippen molar-refractivity contribution in [1.82, 2.24) is 4.90 Å². The van der Waals surface area contributed by atoms with Gasteiger partial charge in [0.25, 0.3) is 0 Å². The van der Waals surface area contributed by atoms with Crippen LogP contribution in [0.5, 0.6) is 11.5 Å². The molecular formula is C33H39NO6. The van der Waals surface area contributed by atoms with Gasteiger partial charge >= 0.3 is 12.1 Å². The maximum absolute atomic E-state index is 12.8. The molecule has 1 amide bonds. The van der Waals surface area contributed by atoms with Gasteiger partial charge in [-0.25, -0.2) is 4.79 Å². The van der Waals surface area contributed by atoms with E-state index in [0.717, 1.165) is 28.0 Å². The summed E-state index contributed by atoms with van der Waals surface area (Å²) in [5.41, 5.74) is 2.93. The van der Waals surface area contributed by atoms with Crippen LogP contribution >= 0.6 is 0 Å². The lowest BCUT2D eigenvalue weighted by Gasteiger charge is -2.43. The zero-order valence-corrected chi connectivity index (χ0v) is 23.8. The summed E-state index contributed by atoms with van der Waals surface area (Å²) in [5.74, 6) is 0.698. The molecule has 0 aliphatic carbocycles. The number of carbonyl (C=O) groups is 2. The van der Waals surface area contributed by atoms with Crippen LogP contribution in [0.15, 0.2) is 72.8 Å². The van der Waals surface area contributed by atoms with Crippen molar-refractivity contribution in [2.45, 2.75) is 57.5 Å². The minimum Gasteiger partial charge on any atom is -0.508 e. The Kier molecular flexibility index (Phi) is 9.03. The van der Waals surface area contributed by atoms with E-state index in [1.54, 1.807) is 11.0 Å². The summed E-state index contributed by atoms with van der Waals surface area (Å²) in [5, 5.41) is 11.1. The second-order valence-electron chi connectivity index (χ2n) is 11.3. The van der Waals surface area contributed by atoms with Gasteiger partial charge in [0.1, 0.15) is 17.1 Å². The van der Waals surface area contributed by atoms with E-state index in [4.69, 9.17) is 14.2 Å². The van der Waals surface area contributed by atoms with Gasteiger partial charge in [-0.3, -0.25) is 4.79 Å². The number of ether oxygens (including phenoxy) is 3. The molecule has 1 saturated heterocycles. The first kappa shape index (κ1) is 29.0. The standard InChI is InChI=1S/C33H39NO6/c1-32(2,3)40-31(37)34-19-17-33(18-20-34,26-8-6-5-7-9-26)28-22-25(12-15-29(28)35)16-21-39-27-13-10-24(11-14-27)23-30(36)38-4/h5-15,22,35H,16-21,23H2,1-4H3. The van der Waals surface area contributed by atoms with Crippen LogP contribution in [0.1, 0.15) is 55.9 Å². The van der Waals surface area contributed by atoms with E-state index >= 15 is 0 Å². The molecule has 0 bridgehead atoms. The molecule has 3 aromatic rings. The fourth-order valence-electron chi connectivity index (χ4n) is 5.22. The second-order valence-corrected chi connectivity index (χ2v) is 11.3. The number of piperidine rings is 1. The summed E-state index contributed by atoms with van der Waals surface area (Å²) < 4.78 is 16.3. The molecule has 0 atom stereocenters. The Hall–Kier alpha value is -4.00. The molecule has 1 N–H and O–H groups in total. The van der Waals surface area contributed by atoms with Gasteiger partial charge in [-0.05, 0) is 68.5 Å². The number of methoxy groups -OCH3 is 1. The van der Waals surface area contributed by atoms with Crippen molar-refractivity contribution in [3.63, 3.8) is 0 Å². The summed E-state index contributed by atoms with van der Waals surface area (Å²) in [6.07, 6.45) is 1.92. The highest BCUT2D eigenvalue weighted by molar-refractivity contribution is 5.72. The lowest BCUT2D eigenvalue weighted by atomic mass is 9.67. The van der Waals surface area contributed by atoms with Crippen molar-refractivity contribution in [2.24, 2.45) is 0 Å². The van der Waals surface area contributed by atoms with E-state index in [9.17, 15) is 14.7 Å². The average molecular weight is 546 g/mol. The Balaban J connectivity index is 1.49. The van der Waals surface area contributed by atoms with Gasteiger partial charge in [0.15, 0.2) is 0 Å². The van der Waals surface area contributed by atoms with Crippen LogP contribution in [-0.2, 0) is 32.5 Å². The molecule has 0 saturated carbocycles.